The van der Waals surface area contributed by atoms with Gasteiger partial charge in [-0.3, -0.25) is 9.97 Å². The Kier molecular flexibility index (Phi) is 3.03. The van der Waals surface area contributed by atoms with E-state index in [2.05, 4.69) is 31.9 Å². The fourth-order valence-corrected chi connectivity index (χ4v) is 4.15. The molecule has 0 spiro atoms. The van der Waals surface area contributed by atoms with E-state index in [9.17, 15) is 0 Å². The number of anilines is 1. The summed E-state index contributed by atoms with van der Waals surface area (Å²) in [7, 11) is 2.05. The van der Waals surface area contributed by atoms with Crippen LogP contribution in [0.3, 0.4) is 0 Å². The molecule has 0 bridgehead atoms. The van der Waals surface area contributed by atoms with E-state index in [1.54, 1.807) is 24.9 Å². The van der Waals surface area contributed by atoms with Crippen LogP contribution in [0.4, 0.5) is 5.82 Å². The topological polar surface area (TPSA) is 54.8 Å². The van der Waals surface area contributed by atoms with E-state index in [0.717, 1.165) is 22.8 Å². The maximum atomic E-state index is 4.53. The van der Waals surface area contributed by atoms with E-state index in [-0.39, 0.29) is 0 Å². The van der Waals surface area contributed by atoms with E-state index >= 15 is 0 Å². The van der Waals surface area contributed by atoms with Crippen molar-refractivity contribution in [2.45, 2.75) is 25.8 Å². The van der Waals surface area contributed by atoms with Gasteiger partial charge in [-0.05, 0) is 24.8 Å². The molecule has 0 unspecified atom stereocenters. The number of nitrogens with zero attached hydrogens (tertiary/aromatic N) is 5. The average Bonchev–Trinajstić information content (AvgIpc) is 3.08. The summed E-state index contributed by atoms with van der Waals surface area (Å²) in [5, 5.41) is 1.24. The Hall–Kier alpha value is -2.08. The quantitative estimate of drug-likeness (QED) is 0.744. The molecule has 0 atom stereocenters. The van der Waals surface area contributed by atoms with E-state index < -0.39 is 0 Å². The number of hydrogen-bond acceptors (Lipinski definition) is 6. The predicted molar refractivity (Wildman–Crippen MR) is 83.6 cm³/mol. The molecule has 106 valence electrons. The summed E-state index contributed by atoms with van der Waals surface area (Å²) in [5.41, 5.74) is 2.40. The third-order valence-corrected chi connectivity index (χ3v) is 5.06. The van der Waals surface area contributed by atoms with E-state index in [0.29, 0.717) is 6.54 Å². The first-order chi connectivity index (χ1) is 10.3. The normalized spacial score (nSPS) is 13.6. The first-order valence-corrected chi connectivity index (χ1v) is 7.86. The zero-order chi connectivity index (χ0) is 14.2. The smallest absolute Gasteiger partial charge is 0.141 e. The second-order valence-electron chi connectivity index (χ2n) is 5.29. The molecule has 0 aromatic carbocycles. The van der Waals surface area contributed by atoms with Gasteiger partial charge >= 0.3 is 0 Å². The van der Waals surface area contributed by atoms with Crippen LogP contribution in [0.1, 0.15) is 22.6 Å². The molecule has 4 rings (SSSR count). The zero-order valence-electron chi connectivity index (χ0n) is 11.8. The van der Waals surface area contributed by atoms with Gasteiger partial charge in [-0.15, -0.1) is 11.3 Å². The van der Waals surface area contributed by atoms with E-state index in [1.807, 2.05) is 11.3 Å². The maximum Gasteiger partial charge on any atom is 0.141 e. The molecule has 1 aliphatic carbocycles. The highest BCUT2D eigenvalue weighted by Gasteiger charge is 2.22. The highest BCUT2D eigenvalue weighted by molar-refractivity contribution is 7.19. The summed E-state index contributed by atoms with van der Waals surface area (Å²) in [4.78, 5) is 22.2. The molecular formula is C15H15N5S. The fraction of sp³-hybridized carbons (Fsp3) is 0.333. The van der Waals surface area contributed by atoms with Crippen LogP contribution in [0, 0.1) is 0 Å². The van der Waals surface area contributed by atoms with Crippen LogP contribution in [0.15, 0.2) is 24.9 Å². The first-order valence-electron chi connectivity index (χ1n) is 7.04. The van der Waals surface area contributed by atoms with E-state index in [1.165, 1.54) is 28.7 Å². The minimum Gasteiger partial charge on any atom is -0.353 e. The Morgan fingerprint density at radius 3 is 3.00 bits per heavy atom. The minimum absolute atomic E-state index is 0.699. The van der Waals surface area contributed by atoms with Gasteiger partial charge in [-0.25, -0.2) is 9.97 Å². The summed E-state index contributed by atoms with van der Waals surface area (Å²) in [5.74, 6) is 1.00. The van der Waals surface area contributed by atoms with Crippen molar-refractivity contribution in [1.29, 1.82) is 0 Å². The molecule has 3 heterocycles. The number of aromatic nitrogens is 4. The molecule has 1 aliphatic rings. The van der Waals surface area contributed by atoms with Gasteiger partial charge in [0, 0.05) is 24.3 Å². The van der Waals surface area contributed by atoms with Crippen molar-refractivity contribution in [1.82, 2.24) is 19.9 Å². The lowest BCUT2D eigenvalue weighted by Crippen LogP contribution is -2.19. The largest absolute Gasteiger partial charge is 0.353 e. The van der Waals surface area contributed by atoms with Crippen LogP contribution in [0.5, 0.6) is 0 Å². The highest BCUT2D eigenvalue weighted by atomic mass is 32.1. The molecule has 6 heteroatoms. The lowest BCUT2D eigenvalue weighted by Gasteiger charge is -2.18. The van der Waals surface area contributed by atoms with Gasteiger partial charge in [0.05, 0.1) is 23.8 Å². The van der Waals surface area contributed by atoms with Gasteiger partial charge < -0.3 is 4.90 Å². The van der Waals surface area contributed by atoms with Crippen molar-refractivity contribution in [3.05, 3.63) is 41.1 Å². The molecule has 0 aliphatic heterocycles. The molecule has 0 N–H and O–H groups in total. The van der Waals surface area contributed by atoms with Crippen LogP contribution < -0.4 is 4.90 Å². The molecule has 21 heavy (non-hydrogen) atoms. The van der Waals surface area contributed by atoms with Gasteiger partial charge in [-0.2, -0.15) is 0 Å². The predicted octanol–water partition coefficient (Wildman–Crippen LogP) is 2.61. The van der Waals surface area contributed by atoms with Crippen LogP contribution in [0.2, 0.25) is 0 Å². The van der Waals surface area contributed by atoms with Gasteiger partial charge in [0.1, 0.15) is 17.0 Å². The molecule has 0 fully saturated rings. The summed E-state index contributed by atoms with van der Waals surface area (Å²) in [6, 6.07) is 0. The third kappa shape index (κ3) is 2.15. The maximum absolute atomic E-state index is 4.53. The zero-order valence-corrected chi connectivity index (χ0v) is 12.6. The van der Waals surface area contributed by atoms with Gasteiger partial charge in [0.25, 0.3) is 0 Å². The Morgan fingerprint density at radius 2 is 2.14 bits per heavy atom. The monoisotopic (exact) mass is 297 g/mol. The Bertz CT molecular complexity index is 783. The Labute approximate surface area is 126 Å². The highest BCUT2D eigenvalue weighted by Crippen LogP contribution is 2.39. The lowest BCUT2D eigenvalue weighted by molar-refractivity contribution is 0.857. The van der Waals surface area contributed by atoms with Crippen molar-refractivity contribution in [2.24, 2.45) is 0 Å². The second-order valence-corrected chi connectivity index (χ2v) is 6.37. The van der Waals surface area contributed by atoms with Gasteiger partial charge in [0.2, 0.25) is 0 Å². The van der Waals surface area contributed by atoms with E-state index in [4.69, 9.17) is 0 Å². The Balaban J connectivity index is 1.76. The van der Waals surface area contributed by atoms with Crippen molar-refractivity contribution >= 4 is 27.4 Å². The molecule has 3 aromatic rings. The van der Waals surface area contributed by atoms with Gasteiger partial charge in [-0.1, -0.05) is 0 Å². The van der Waals surface area contributed by atoms with Crippen LogP contribution >= 0.6 is 11.3 Å². The fourth-order valence-electron chi connectivity index (χ4n) is 2.93. The van der Waals surface area contributed by atoms with Crippen molar-refractivity contribution in [3.8, 4) is 0 Å². The van der Waals surface area contributed by atoms with Gasteiger partial charge in [0.15, 0.2) is 0 Å². The van der Waals surface area contributed by atoms with Crippen LogP contribution in [-0.2, 0) is 19.4 Å². The lowest BCUT2D eigenvalue weighted by atomic mass is 10.2. The van der Waals surface area contributed by atoms with Crippen molar-refractivity contribution in [2.75, 3.05) is 11.9 Å². The van der Waals surface area contributed by atoms with Crippen LogP contribution in [0.25, 0.3) is 10.2 Å². The first kappa shape index (κ1) is 12.6. The minimum atomic E-state index is 0.699. The molecule has 0 saturated heterocycles. The Morgan fingerprint density at radius 1 is 1.19 bits per heavy atom. The summed E-state index contributed by atoms with van der Waals surface area (Å²) >= 11 is 1.82. The summed E-state index contributed by atoms with van der Waals surface area (Å²) in [6.07, 6.45) is 10.5. The molecule has 0 saturated carbocycles. The number of rotatable bonds is 3. The van der Waals surface area contributed by atoms with Crippen LogP contribution in [-0.4, -0.2) is 27.0 Å². The SMILES string of the molecule is CN(Cc1cnccn1)c1ncnc2sc3c(c12)CCC3. The van der Waals surface area contributed by atoms with Crippen molar-refractivity contribution < 1.29 is 0 Å². The third-order valence-electron chi connectivity index (χ3n) is 3.86. The van der Waals surface area contributed by atoms with Crippen molar-refractivity contribution in [3.63, 3.8) is 0 Å². The standard InChI is InChI=1S/C15H15N5S/c1-20(8-10-7-16-5-6-17-10)14-13-11-3-2-4-12(11)21-15(13)19-9-18-14/h5-7,9H,2-4,8H2,1H3. The summed E-state index contributed by atoms with van der Waals surface area (Å²) in [6.45, 7) is 0.699. The average molecular weight is 297 g/mol. The number of fused-ring (bicyclic) bond motifs is 3. The molecular weight excluding hydrogens is 282 g/mol. The molecule has 5 nitrogen and oxygen atoms in total. The second kappa shape index (κ2) is 5.04. The molecule has 0 amide bonds. The molecule has 3 aromatic heterocycles. The number of hydrogen-bond donors (Lipinski definition) is 0. The number of aryl methyl sites for hydroxylation is 2. The number of thiophene rings is 1. The summed E-state index contributed by atoms with van der Waals surface area (Å²) < 4.78 is 0. The molecule has 0 radical (unpaired) electrons.